The highest BCUT2D eigenvalue weighted by molar-refractivity contribution is 6.17. The molecule has 0 saturated carbocycles. The Kier molecular flexibility index (Phi) is 4.59. The van der Waals surface area contributed by atoms with Crippen molar-refractivity contribution >= 4 is 11.6 Å². The summed E-state index contributed by atoms with van der Waals surface area (Å²) in [6.45, 7) is 0. The maximum absolute atomic E-state index is 5.62. The normalized spacial score (nSPS) is 10.6. The Morgan fingerprint density at radius 2 is 2.11 bits per heavy atom. The van der Waals surface area contributed by atoms with Crippen molar-refractivity contribution in [1.29, 1.82) is 0 Å². The van der Waals surface area contributed by atoms with Gasteiger partial charge in [-0.05, 0) is 24.1 Å². The molecule has 96 valence electrons. The first-order valence-electron chi connectivity index (χ1n) is 5.82. The number of aryl methyl sites for hydroxylation is 1. The SMILES string of the molecule is COc1cccc(Cc2nnc(CCCCl)o2)c1. The van der Waals surface area contributed by atoms with Crippen LogP contribution in [0.1, 0.15) is 23.8 Å². The smallest absolute Gasteiger partial charge is 0.220 e. The van der Waals surface area contributed by atoms with Crippen LogP contribution in [0.4, 0.5) is 0 Å². The highest BCUT2D eigenvalue weighted by Gasteiger charge is 2.07. The van der Waals surface area contributed by atoms with Gasteiger partial charge in [0.2, 0.25) is 11.8 Å². The molecule has 0 bridgehead atoms. The molecule has 0 radical (unpaired) electrons. The molecule has 0 N–H and O–H groups in total. The molecule has 0 aliphatic rings. The van der Waals surface area contributed by atoms with Crippen LogP contribution in [0, 0.1) is 0 Å². The topological polar surface area (TPSA) is 48.2 Å². The molecule has 5 heteroatoms. The lowest BCUT2D eigenvalue weighted by Gasteiger charge is -2.01. The standard InChI is InChI=1S/C13H15ClN2O2/c1-17-11-5-2-4-10(8-11)9-13-16-15-12(18-13)6-3-7-14/h2,4-5,8H,3,6-7,9H2,1H3. The Morgan fingerprint density at radius 3 is 2.89 bits per heavy atom. The molecule has 0 amide bonds. The van der Waals surface area contributed by atoms with Crippen LogP contribution in [0.15, 0.2) is 28.7 Å². The lowest BCUT2D eigenvalue weighted by molar-refractivity contribution is 0.414. The zero-order chi connectivity index (χ0) is 12.8. The monoisotopic (exact) mass is 266 g/mol. The van der Waals surface area contributed by atoms with Crippen LogP contribution in [-0.4, -0.2) is 23.2 Å². The van der Waals surface area contributed by atoms with Crippen molar-refractivity contribution in [2.45, 2.75) is 19.3 Å². The summed E-state index contributed by atoms with van der Waals surface area (Å²) in [5.41, 5.74) is 1.09. The Labute approximate surface area is 111 Å². The maximum Gasteiger partial charge on any atom is 0.220 e. The van der Waals surface area contributed by atoms with Gasteiger partial charge in [0.15, 0.2) is 0 Å². The highest BCUT2D eigenvalue weighted by atomic mass is 35.5. The number of alkyl halides is 1. The van der Waals surface area contributed by atoms with Gasteiger partial charge in [0.25, 0.3) is 0 Å². The fraction of sp³-hybridized carbons (Fsp3) is 0.385. The number of methoxy groups -OCH3 is 1. The Balaban J connectivity index is 2.01. The molecule has 0 atom stereocenters. The van der Waals surface area contributed by atoms with Crippen molar-refractivity contribution in [3.05, 3.63) is 41.6 Å². The third kappa shape index (κ3) is 3.47. The van der Waals surface area contributed by atoms with Crippen molar-refractivity contribution in [1.82, 2.24) is 10.2 Å². The van der Waals surface area contributed by atoms with E-state index in [2.05, 4.69) is 10.2 Å². The van der Waals surface area contributed by atoms with E-state index >= 15 is 0 Å². The van der Waals surface area contributed by atoms with Gasteiger partial charge in [-0.2, -0.15) is 0 Å². The molecule has 1 aromatic heterocycles. The van der Waals surface area contributed by atoms with Gasteiger partial charge in [0.05, 0.1) is 13.5 Å². The number of rotatable bonds is 6. The zero-order valence-electron chi connectivity index (χ0n) is 10.2. The molecule has 0 fully saturated rings. The molecule has 0 spiro atoms. The lowest BCUT2D eigenvalue weighted by atomic mass is 10.1. The van der Waals surface area contributed by atoms with E-state index < -0.39 is 0 Å². The predicted octanol–water partition coefficient (Wildman–Crippen LogP) is 2.84. The molecule has 2 aromatic rings. The average Bonchev–Trinajstić information content (AvgIpc) is 2.84. The zero-order valence-corrected chi connectivity index (χ0v) is 11.0. The Morgan fingerprint density at radius 1 is 1.28 bits per heavy atom. The summed E-state index contributed by atoms with van der Waals surface area (Å²) in [5.74, 6) is 2.70. The molecular formula is C13H15ClN2O2. The molecule has 18 heavy (non-hydrogen) atoms. The second-order valence-electron chi connectivity index (χ2n) is 3.91. The van der Waals surface area contributed by atoms with Crippen molar-refractivity contribution in [2.24, 2.45) is 0 Å². The minimum atomic E-state index is 0.605. The summed E-state index contributed by atoms with van der Waals surface area (Å²) in [4.78, 5) is 0. The predicted molar refractivity (Wildman–Crippen MR) is 69.1 cm³/mol. The summed E-state index contributed by atoms with van der Waals surface area (Å²) >= 11 is 5.62. The number of hydrogen-bond donors (Lipinski definition) is 0. The van der Waals surface area contributed by atoms with E-state index in [0.29, 0.717) is 24.1 Å². The summed E-state index contributed by atoms with van der Waals surface area (Å²) in [6.07, 6.45) is 2.20. The largest absolute Gasteiger partial charge is 0.497 e. The van der Waals surface area contributed by atoms with Crippen LogP contribution < -0.4 is 4.74 Å². The number of ether oxygens (including phenoxy) is 1. The summed E-state index contributed by atoms with van der Waals surface area (Å²) in [6, 6.07) is 7.82. The first kappa shape index (κ1) is 12.9. The number of halogens is 1. The quantitative estimate of drug-likeness (QED) is 0.755. The minimum Gasteiger partial charge on any atom is -0.497 e. The van der Waals surface area contributed by atoms with E-state index in [-0.39, 0.29) is 0 Å². The number of benzene rings is 1. The summed E-state index contributed by atoms with van der Waals surface area (Å²) in [5, 5.41) is 8.01. The Hall–Kier alpha value is -1.55. The molecular weight excluding hydrogens is 252 g/mol. The molecule has 0 aliphatic carbocycles. The first-order valence-corrected chi connectivity index (χ1v) is 6.35. The van der Waals surface area contributed by atoms with Gasteiger partial charge in [-0.3, -0.25) is 0 Å². The second-order valence-corrected chi connectivity index (χ2v) is 4.29. The van der Waals surface area contributed by atoms with E-state index in [4.69, 9.17) is 20.8 Å². The van der Waals surface area contributed by atoms with Gasteiger partial charge in [0.1, 0.15) is 5.75 Å². The van der Waals surface area contributed by atoms with E-state index in [0.717, 1.165) is 24.2 Å². The van der Waals surface area contributed by atoms with Crippen LogP contribution in [0.3, 0.4) is 0 Å². The molecule has 1 aromatic carbocycles. The van der Waals surface area contributed by atoms with Crippen LogP contribution in [0.25, 0.3) is 0 Å². The van der Waals surface area contributed by atoms with Crippen LogP contribution >= 0.6 is 11.6 Å². The third-order valence-corrected chi connectivity index (χ3v) is 2.79. The molecule has 0 aliphatic heterocycles. The van der Waals surface area contributed by atoms with Gasteiger partial charge in [-0.1, -0.05) is 12.1 Å². The fourth-order valence-corrected chi connectivity index (χ4v) is 1.77. The van der Waals surface area contributed by atoms with Gasteiger partial charge in [-0.25, -0.2) is 0 Å². The van der Waals surface area contributed by atoms with Gasteiger partial charge in [-0.15, -0.1) is 21.8 Å². The van der Waals surface area contributed by atoms with Crippen LogP contribution in [-0.2, 0) is 12.8 Å². The second kappa shape index (κ2) is 6.40. The molecule has 1 heterocycles. The number of aromatic nitrogens is 2. The van der Waals surface area contributed by atoms with Crippen LogP contribution in [0.5, 0.6) is 5.75 Å². The van der Waals surface area contributed by atoms with Gasteiger partial charge in [0, 0.05) is 12.3 Å². The average molecular weight is 267 g/mol. The Bertz CT molecular complexity index is 499. The first-order chi connectivity index (χ1) is 8.81. The molecule has 4 nitrogen and oxygen atoms in total. The van der Waals surface area contributed by atoms with Gasteiger partial charge >= 0.3 is 0 Å². The van der Waals surface area contributed by atoms with Crippen molar-refractivity contribution in [2.75, 3.05) is 13.0 Å². The molecule has 2 rings (SSSR count). The van der Waals surface area contributed by atoms with Gasteiger partial charge < -0.3 is 9.15 Å². The highest BCUT2D eigenvalue weighted by Crippen LogP contribution is 2.15. The van der Waals surface area contributed by atoms with E-state index in [9.17, 15) is 0 Å². The van der Waals surface area contributed by atoms with E-state index in [1.165, 1.54) is 0 Å². The number of hydrogen-bond acceptors (Lipinski definition) is 4. The lowest BCUT2D eigenvalue weighted by Crippen LogP contribution is -1.90. The maximum atomic E-state index is 5.62. The van der Waals surface area contributed by atoms with E-state index in [1.807, 2.05) is 24.3 Å². The molecule has 0 unspecified atom stereocenters. The summed E-state index contributed by atoms with van der Waals surface area (Å²) < 4.78 is 10.7. The summed E-state index contributed by atoms with van der Waals surface area (Å²) in [7, 11) is 1.65. The van der Waals surface area contributed by atoms with Crippen molar-refractivity contribution < 1.29 is 9.15 Å². The molecule has 0 saturated heterocycles. The van der Waals surface area contributed by atoms with Crippen LogP contribution in [0.2, 0.25) is 0 Å². The minimum absolute atomic E-state index is 0.605. The number of nitrogens with zero attached hydrogens (tertiary/aromatic N) is 2. The van der Waals surface area contributed by atoms with Crippen molar-refractivity contribution in [3.8, 4) is 5.75 Å². The third-order valence-electron chi connectivity index (χ3n) is 2.52. The fourth-order valence-electron chi connectivity index (χ4n) is 1.64. The van der Waals surface area contributed by atoms with Crippen molar-refractivity contribution in [3.63, 3.8) is 0 Å². The van der Waals surface area contributed by atoms with E-state index in [1.54, 1.807) is 7.11 Å².